The van der Waals surface area contributed by atoms with Gasteiger partial charge < -0.3 is 4.74 Å². The molecule has 4 rings (SSSR count). The predicted octanol–water partition coefficient (Wildman–Crippen LogP) is 5.13. The van der Waals surface area contributed by atoms with E-state index in [0.29, 0.717) is 11.3 Å². The molecule has 0 N–H and O–H groups in total. The Kier molecular flexibility index (Phi) is 4.27. The third kappa shape index (κ3) is 3.76. The number of benzene rings is 1. The summed E-state index contributed by atoms with van der Waals surface area (Å²) in [5, 5.41) is 6.09. The zero-order valence-corrected chi connectivity index (χ0v) is 14.0. The lowest BCUT2D eigenvalue weighted by molar-refractivity contribution is -0.274. The first-order chi connectivity index (χ1) is 13.0. The smallest absolute Gasteiger partial charge is 0.406 e. The van der Waals surface area contributed by atoms with Gasteiger partial charge in [0.1, 0.15) is 5.75 Å². The number of hydrazone groups is 1. The summed E-state index contributed by atoms with van der Waals surface area (Å²) in [6, 6.07) is 9.46. The van der Waals surface area contributed by atoms with E-state index in [1.165, 1.54) is 18.2 Å². The van der Waals surface area contributed by atoms with Crippen LogP contribution in [0.2, 0.25) is 0 Å². The number of halogens is 3. The van der Waals surface area contributed by atoms with E-state index in [9.17, 15) is 13.2 Å². The number of aromatic nitrogens is 1. The van der Waals surface area contributed by atoms with E-state index in [4.69, 9.17) is 0 Å². The summed E-state index contributed by atoms with van der Waals surface area (Å²) in [5.41, 5.74) is 3.72. The van der Waals surface area contributed by atoms with Crippen molar-refractivity contribution in [2.75, 3.05) is 0 Å². The lowest BCUT2D eigenvalue weighted by Crippen LogP contribution is -2.17. The van der Waals surface area contributed by atoms with Gasteiger partial charge in [0.15, 0.2) is 0 Å². The Hall–Kier alpha value is -3.35. The second-order valence-corrected chi connectivity index (χ2v) is 5.90. The minimum absolute atomic E-state index is 0.282. The summed E-state index contributed by atoms with van der Waals surface area (Å²) in [4.78, 5) is 4.38. The molecule has 0 fully saturated rings. The largest absolute Gasteiger partial charge is 0.573 e. The molecule has 2 aliphatic heterocycles. The molecule has 7 heteroatoms. The highest BCUT2D eigenvalue weighted by Gasteiger charge is 2.31. The van der Waals surface area contributed by atoms with Crippen LogP contribution in [0.3, 0.4) is 0 Å². The molecule has 1 aromatic carbocycles. The maximum Gasteiger partial charge on any atom is 0.573 e. The van der Waals surface area contributed by atoms with E-state index in [1.54, 1.807) is 29.6 Å². The Labute approximate surface area is 153 Å². The molecule has 0 bridgehead atoms. The Morgan fingerprint density at radius 1 is 1.07 bits per heavy atom. The van der Waals surface area contributed by atoms with Gasteiger partial charge in [-0.2, -0.15) is 5.10 Å². The van der Waals surface area contributed by atoms with Crippen LogP contribution in [0.4, 0.5) is 13.2 Å². The van der Waals surface area contributed by atoms with Crippen LogP contribution in [-0.4, -0.2) is 22.6 Å². The lowest BCUT2D eigenvalue weighted by Gasteiger charge is -2.24. The van der Waals surface area contributed by atoms with Crippen LogP contribution in [0.1, 0.15) is 12.0 Å². The van der Waals surface area contributed by atoms with Crippen molar-refractivity contribution in [1.29, 1.82) is 0 Å². The second-order valence-electron chi connectivity index (χ2n) is 5.90. The summed E-state index contributed by atoms with van der Waals surface area (Å²) in [7, 11) is 0. The van der Waals surface area contributed by atoms with Gasteiger partial charge in [0, 0.05) is 41.7 Å². The molecule has 0 amide bonds. The van der Waals surface area contributed by atoms with E-state index >= 15 is 0 Å². The molecule has 0 aliphatic carbocycles. The molecule has 2 aromatic rings. The first-order valence-corrected chi connectivity index (χ1v) is 8.23. The highest BCUT2D eigenvalue weighted by atomic mass is 19.4. The van der Waals surface area contributed by atoms with E-state index < -0.39 is 6.36 Å². The average molecular weight is 369 g/mol. The zero-order chi connectivity index (χ0) is 18.9. The summed E-state index contributed by atoms with van der Waals surface area (Å²) in [6.45, 7) is 0. The van der Waals surface area contributed by atoms with Gasteiger partial charge in [0.05, 0.1) is 11.4 Å². The Balaban J connectivity index is 1.73. The molecule has 1 aromatic heterocycles. The van der Waals surface area contributed by atoms with Crippen molar-refractivity contribution in [2.24, 2.45) is 5.10 Å². The number of alkyl halides is 3. The molecular formula is C20H14F3N3O. The number of nitrogens with zero attached hydrogens (tertiary/aromatic N) is 3. The van der Waals surface area contributed by atoms with Crippen molar-refractivity contribution < 1.29 is 17.9 Å². The van der Waals surface area contributed by atoms with Crippen molar-refractivity contribution in [3.8, 4) is 17.0 Å². The third-order valence-corrected chi connectivity index (χ3v) is 4.06. The van der Waals surface area contributed by atoms with E-state index in [1.807, 2.05) is 24.4 Å². The fourth-order valence-corrected chi connectivity index (χ4v) is 2.94. The average Bonchev–Trinajstić information content (AvgIpc) is 2.66. The highest BCUT2D eigenvalue weighted by Crippen LogP contribution is 2.34. The Bertz CT molecular complexity index is 990. The molecule has 4 nitrogen and oxygen atoms in total. The van der Waals surface area contributed by atoms with Crippen LogP contribution >= 0.6 is 0 Å². The molecular weight excluding hydrogens is 355 g/mol. The number of rotatable bonds is 3. The van der Waals surface area contributed by atoms with Crippen LogP contribution in [-0.2, 0) is 0 Å². The van der Waals surface area contributed by atoms with E-state index in [2.05, 4.69) is 20.9 Å². The van der Waals surface area contributed by atoms with Gasteiger partial charge >= 0.3 is 6.36 Å². The van der Waals surface area contributed by atoms with Crippen LogP contribution in [0.15, 0.2) is 77.8 Å². The van der Waals surface area contributed by atoms with Crippen molar-refractivity contribution in [2.45, 2.75) is 12.8 Å². The molecule has 0 saturated carbocycles. The second kappa shape index (κ2) is 6.75. The van der Waals surface area contributed by atoms with Crippen LogP contribution < -0.4 is 4.74 Å². The quantitative estimate of drug-likeness (QED) is 0.752. The van der Waals surface area contributed by atoms with Crippen LogP contribution in [0, 0.1) is 0 Å². The molecule has 0 atom stereocenters. The number of fused-ring (bicyclic) bond motifs is 1. The Morgan fingerprint density at radius 3 is 2.81 bits per heavy atom. The van der Waals surface area contributed by atoms with Crippen LogP contribution in [0.5, 0.6) is 5.75 Å². The minimum atomic E-state index is -4.74. The molecule has 3 heterocycles. The van der Waals surface area contributed by atoms with E-state index in [-0.39, 0.29) is 5.75 Å². The monoisotopic (exact) mass is 369 g/mol. The topological polar surface area (TPSA) is 37.7 Å². The summed E-state index contributed by atoms with van der Waals surface area (Å²) < 4.78 is 41.6. The number of hydrogen-bond donors (Lipinski definition) is 0. The maximum absolute atomic E-state index is 12.5. The van der Waals surface area contributed by atoms with Crippen LogP contribution in [0.25, 0.3) is 16.8 Å². The number of allylic oxidation sites excluding steroid dienone is 4. The molecule has 0 spiro atoms. The van der Waals surface area contributed by atoms with Gasteiger partial charge in [-0.25, -0.2) is 5.01 Å². The molecule has 0 saturated heterocycles. The molecule has 2 aliphatic rings. The maximum atomic E-state index is 12.5. The fraction of sp³-hybridized carbons (Fsp3) is 0.100. The minimum Gasteiger partial charge on any atom is -0.406 e. The standard InChI is InChI=1S/C20H14F3N3O/c21-20(22,23)27-17-6-1-4-14(12-17)19-18(7-3-10-24-19)15-8-9-16-5-2-11-25-26(16)13-15/h1,3-13H,2H2. The first kappa shape index (κ1) is 17.1. The number of ether oxygens (including phenoxy) is 1. The van der Waals surface area contributed by atoms with Crippen molar-refractivity contribution in [1.82, 2.24) is 9.99 Å². The molecule has 136 valence electrons. The van der Waals surface area contributed by atoms with Crippen molar-refractivity contribution in [3.05, 3.63) is 78.3 Å². The predicted molar refractivity (Wildman–Crippen MR) is 96.5 cm³/mol. The van der Waals surface area contributed by atoms with Gasteiger partial charge in [-0.1, -0.05) is 30.4 Å². The van der Waals surface area contributed by atoms with Gasteiger partial charge in [-0.05, 0) is 24.3 Å². The van der Waals surface area contributed by atoms with Gasteiger partial charge in [0.25, 0.3) is 0 Å². The Morgan fingerprint density at radius 2 is 1.96 bits per heavy atom. The third-order valence-electron chi connectivity index (χ3n) is 4.06. The van der Waals surface area contributed by atoms with Crippen molar-refractivity contribution >= 4 is 11.8 Å². The molecule has 0 radical (unpaired) electrons. The summed E-state index contributed by atoms with van der Waals surface area (Å²) in [6.07, 6.45) is 7.27. The lowest BCUT2D eigenvalue weighted by atomic mass is 9.98. The number of hydrogen-bond acceptors (Lipinski definition) is 4. The van der Waals surface area contributed by atoms with Gasteiger partial charge in [-0.3, -0.25) is 4.98 Å². The summed E-state index contributed by atoms with van der Waals surface area (Å²) in [5.74, 6) is -0.282. The summed E-state index contributed by atoms with van der Waals surface area (Å²) >= 11 is 0. The van der Waals surface area contributed by atoms with Gasteiger partial charge in [-0.15, -0.1) is 13.2 Å². The molecule has 0 unspecified atom stereocenters. The first-order valence-electron chi connectivity index (χ1n) is 8.23. The normalized spacial score (nSPS) is 15.9. The fourth-order valence-electron chi connectivity index (χ4n) is 2.94. The highest BCUT2D eigenvalue weighted by molar-refractivity contribution is 5.85. The number of pyridine rings is 1. The van der Waals surface area contributed by atoms with E-state index in [0.717, 1.165) is 23.3 Å². The molecule has 27 heavy (non-hydrogen) atoms. The zero-order valence-electron chi connectivity index (χ0n) is 14.0. The van der Waals surface area contributed by atoms with Gasteiger partial charge in [0.2, 0.25) is 0 Å². The SMILES string of the molecule is FC(F)(F)Oc1cccc(-c2ncccc2C2=CN3N=CCC=C3C=C2)c1. The van der Waals surface area contributed by atoms with Crippen molar-refractivity contribution in [3.63, 3.8) is 0 Å².